The zero-order valence-electron chi connectivity index (χ0n) is 15.2. The molecule has 2 aromatic heterocycles. The summed E-state index contributed by atoms with van der Waals surface area (Å²) < 4.78 is 5.47. The fourth-order valence-electron chi connectivity index (χ4n) is 3.51. The van der Waals surface area contributed by atoms with Crippen molar-refractivity contribution in [3.8, 4) is 10.7 Å². The molecule has 2 atom stereocenters. The molecule has 0 spiro atoms. The predicted octanol–water partition coefficient (Wildman–Crippen LogP) is 2.60. The molecule has 4 rings (SSSR count). The van der Waals surface area contributed by atoms with E-state index in [0.717, 1.165) is 50.4 Å². The molecule has 2 fully saturated rings. The van der Waals surface area contributed by atoms with Gasteiger partial charge in [-0.1, -0.05) is 11.2 Å². The Balaban J connectivity index is 0.00000131. The van der Waals surface area contributed by atoms with Gasteiger partial charge in [-0.3, -0.25) is 9.69 Å². The lowest BCUT2D eigenvalue weighted by Gasteiger charge is -2.37. The number of hydrogen-bond donors (Lipinski definition) is 1. The van der Waals surface area contributed by atoms with E-state index in [-0.39, 0.29) is 42.8 Å². The molecule has 2 aliphatic rings. The number of carbonyl (C=O) groups is 1. The average Bonchev–Trinajstić information content (AvgIpc) is 3.42. The highest BCUT2D eigenvalue weighted by Gasteiger charge is 2.31. The normalized spacial score (nSPS) is 21.4. The lowest BCUT2D eigenvalue weighted by molar-refractivity contribution is -0.135. The molecule has 2 saturated heterocycles. The molecule has 10 heteroatoms. The number of piperazine rings is 1. The van der Waals surface area contributed by atoms with Crippen LogP contribution in [0.25, 0.3) is 10.7 Å². The molecule has 2 unspecified atom stereocenters. The molecular weight excluding hydrogens is 409 g/mol. The summed E-state index contributed by atoms with van der Waals surface area (Å²) in [6.45, 7) is 6.21. The molecule has 4 heterocycles. The molecule has 1 N–H and O–H groups in total. The van der Waals surface area contributed by atoms with E-state index < -0.39 is 0 Å². The van der Waals surface area contributed by atoms with Crippen LogP contribution >= 0.6 is 36.2 Å². The van der Waals surface area contributed by atoms with Crippen LogP contribution in [0.3, 0.4) is 0 Å². The fourth-order valence-corrected chi connectivity index (χ4v) is 4.16. The van der Waals surface area contributed by atoms with E-state index in [1.54, 1.807) is 11.3 Å². The van der Waals surface area contributed by atoms with Crippen molar-refractivity contribution in [2.45, 2.75) is 31.8 Å². The second-order valence-corrected chi connectivity index (χ2v) is 7.57. The summed E-state index contributed by atoms with van der Waals surface area (Å²) in [4.78, 5) is 22.3. The number of rotatable bonds is 4. The molecule has 0 aliphatic carbocycles. The average molecular weight is 434 g/mol. The van der Waals surface area contributed by atoms with Crippen LogP contribution in [-0.4, -0.2) is 64.6 Å². The van der Waals surface area contributed by atoms with Gasteiger partial charge in [0.05, 0.1) is 17.0 Å². The topological polar surface area (TPSA) is 74.5 Å². The predicted molar refractivity (Wildman–Crippen MR) is 110 cm³/mol. The Morgan fingerprint density at radius 1 is 1.33 bits per heavy atom. The fraction of sp³-hybridized carbons (Fsp3) is 0.588. The maximum atomic E-state index is 12.5. The largest absolute Gasteiger partial charge is 0.339 e. The Hall–Kier alpha value is -1.19. The minimum atomic E-state index is 0. The number of amides is 1. The number of nitrogens with one attached hydrogen (secondary N) is 1. The molecule has 0 radical (unpaired) electrons. The first-order valence-electron chi connectivity index (χ1n) is 8.86. The Bertz CT molecular complexity index is 713. The van der Waals surface area contributed by atoms with Crippen LogP contribution < -0.4 is 5.32 Å². The molecule has 150 valence electrons. The molecular formula is C17H25Cl2N5O2S. The van der Waals surface area contributed by atoms with Crippen LogP contribution in [0.4, 0.5) is 0 Å². The summed E-state index contributed by atoms with van der Waals surface area (Å²) in [5.41, 5.74) is 0. The van der Waals surface area contributed by atoms with Gasteiger partial charge in [0, 0.05) is 26.2 Å². The quantitative estimate of drug-likeness (QED) is 0.798. The molecule has 7 nitrogen and oxygen atoms in total. The third kappa shape index (κ3) is 4.81. The van der Waals surface area contributed by atoms with Gasteiger partial charge in [0.1, 0.15) is 0 Å². The van der Waals surface area contributed by atoms with Crippen molar-refractivity contribution in [3.63, 3.8) is 0 Å². The Kier molecular flexibility index (Phi) is 8.05. The Morgan fingerprint density at radius 3 is 2.74 bits per heavy atom. The monoisotopic (exact) mass is 433 g/mol. The Labute approximate surface area is 175 Å². The number of aromatic nitrogens is 2. The van der Waals surface area contributed by atoms with Crippen LogP contribution in [0.2, 0.25) is 0 Å². The third-order valence-corrected chi connectivity index (χ3v) is 5.94. The van der Waals surface area contributed by atoms with Gasteiger partial charge in [-0.05, 0) is 37.8 Å². The number of thiophene rings is 1. The molecule has 27 heavy (non-hydrogen) atoms. The van der Waals surface area contributed by atoms with Gasteiger partial charge < -0.3 is 14.7 Å². The molecule has 2 aliphatic heterocycles. The van der Waals surface area contributed by atoms with Crippen molar-refractivity contribution in [3.05, 3.63) is 23.4 Å². The summed E-state index contributed by atoms with van der Waals surface area (Å²) >= 11 is 1.60. The highest BCUT2D eigenvalue weighted by Crippen LogP contribution is 2.26. The van der Waals surface area contributed by atoms with Crippen LogP contribution in [0.15, 0.2) is 22.0 Å². The maximum absolute atomic E-state index is 12.5. The van der Waals surface area contributed by atoms with E-state index in [0.29, 0.717) is 11.7 Å². The first kappa shape index (κ1) is 22.1. The summed E-state index contributed by atoms with van der Waals surface area (Å²) in [6, 6.07) is 4.05. The van der Waals surface area contributed by atoms with Gasteiger partial charge in [0.25, 0.3) is 0 Å². The van der Waals surface area contributed by atoms with E-state index in [2.05, 4.69) is 27.3 Å². The lowest BCUT2D eigenvalue weighted by Crippen LogP contribution is -2.53. The number of hydrogen-bond acceptors (Lipinski definition) is 7. The van der Waals surface area contributed by atoms with E-state index >= 15 is 0 Å². The third-order valence-electron chi connectivity index (χ3n) is 5.07. The second kappa shape index (κ2) is 9.84. The van der Waals surface area contributed by atoms with Crippen molar-refractivity contribution in [1.29, 1.82) is 0 Å². The minimum absolute atomic E-state index is 0. The molecule has 1 amide bonds. The molecule has 0 saturated carbocycles. The van der Waals surface area contributed by atoms with Gasteiger partial charge in [-0.2, -0.15) is 4.98 Å². The molecule has 0 bridgehead atoms. The first-order chi connectivity index (χ1) is 12.2. The van der Waals surface area contributed by atoms with Crippen molar-refractivity contribution < 1.29 is 9.32 Å². The van der Waals surface area contributed by atoms with Crippen molar-refractivity contribution in [1.82, 2.24) is 25.3 Å². The van der Waals surface area contributed by atoms with Crippen LogP contribution in [0.1, 0.15) is 31.7 Å². The van der Waals surface area contributed by atoms with Crippen molar-refractivity contribution >= 4 is 42.1 Å². The van der Waals surface area contributed by atoms with E-state index in [4.69, 9.17) is 4.52 Å². The smallest absolute Gasteiger partial charge is 0.244 e. The van der Waals surface area contributed by atoms with Gasteiger partial charge in [-0.15, -0.1) is 36.2 Å². The van der Waals surface area contributed by atoms with Crippen molar-refractivity contribution in [2.24, 2.45) is 0 Å². The van der Waals surface area contributed by atoms with E-state index in [9.17, 15) is 4.79 Å². The summed E-state index contributed by atoms with van der Waals surface area (Å²) in [5.74, 6) is 1.54. The second-order valence-electron chi connectivity index (χ2n) is 6.62. The summed E-state index contributed by atoms with van der Waals surface area (Å²) in [5, 5.41) is 9.39. The molecule has 0 aromatic carbocycles. The minimum Gasteiger partial charge on any atom is -0.339 e. The standard InChI is InChI=1S/C17H23N5O2S.2ClH/c1-12(16-19-15(20-24-16)14-5-3-11-25-14)21-7-9-22(10-8-21)17(23)13-4-2-6-18-13;;/h3,5,11-13,18H,2,4,6-10H2,1H3;2*1H. The number of carbonyl (C=O) groups excluding carboxylic acids is 1. The highest BCUT2D eigenvalue weighted by molar-refractivity contribution is 7.13. The Morgan fingerprint density at radius 2 is 2.11 bits per heavy atom. The zero-order chi connectivity index (χ0) is 17.2. The summed E-state index contributed by atoms with van der Waals surface area (Å²) in [6.07, 6.45) is 2.06. The van der Waals surface area contributed by atoms with E-state index in [1.165, 1.54) is 0 Å². The van der Waals surface area contributed by atoms with Gasteiger partial charge in [0.15, 0.2) is 0 Å². The summed E-state index contributed by atoms with van der Waals surface area (Å²) in [7, 11) is 0. The van der Waals surface area contributed by atoms with Crippen LogP contribution in [0, 0.1) is 0 Å². The van der Waals surface area contributed by atoms with Gasteiger partial charge >= 0.3 is 0 Å². The molecule has 2 aromatic rings. The van der Waals surface area contributed by atoms with Crippen molar-refractivity contribution in [2.75, 3.05) is 32.7 Å². The maximum Gasteiger partial charge on any atom is 0.244 e. The SMILES string of the molecule is CC(c1nc(-c2cccs2)no1)N1CCN(C(=O)C2CCCN2)CC1.Cl.Cl. The zero-order valence-corrected chi connectivity index (χ0v) is 17.6. The first-order valence-corrected chi connectivity index (χ1v) is 9.74. The van der Waals surface area contributed by atoms with Gasteiger partial charge in [0.2, 0.25) is 17.6 Å². The van der Waals surface area contributed by atoms with Crippen LogP contribution in [-0.2, 0) is 4.79 Å². The number of nitrogens with zero attached hydrogens (tertiary/aromatic N) is 4. The lowest BCUT2D eigenvalue weighted by atomic mass is 10.1. The highest BCUT2D eigenvalue weighted by atomic mass is 35.5. The van der Waals surface area contributed by atoms with Gasteiger partial charge in [-0.25, -0.2) is 0 Å². The van der Waals surface area contributed by atoms with E-state index in [1.807, 2.05) is 22.4 Å². The number of halogens is 2. The van der Waals surface area contributed by atoms with Crippen LogP contribution in [0.5, 0.6) is 0 Å².